The summed E-state index contributed by atoms with van der Waals surface area (Å²) in [5.41, 5.74) is 3.74. The van der Waals surface area contributed by atoms with Gasteiger partial charge in [0.2, 0.25) is 0 Å². The summed E-state index contributed by atoms with van der Waals surface area (Å²) < 4.78 is 51.6. The van der Waals surface area contributed by atoms with Crippen LogP contribution in [-0.4, -0.2) is 24.0 Å². The molecule has 0 saturated heterocycles. The van der Waals surface area contributed by atoms with E-state index < -0.39 is 23.2 Å². The van der Waals surface area contributed by atoms with Crippen LogP contribution in [0, 0.1) is 0 Å². The highest BCUT2D eigenvalue weighted by atomic mass is 127. The number of carbonyl (C=O) groups is 1. The average Bonchev–Trinajstić information content (AvgIpc) is 3.12. The molecule has 0 radical (unpaired) electrons. The zero-order valence-corrected chi connectivity index (χ0v) is 20.6. The van der Waals surface area contributed by atoms with Gasteiger partial charge >= 0.3 is 6.18 Å². The summed E-state index contributed by atoms with van der Waals surface area (Å²) >= 11 is 0. The van der Waals surface area contributed by atoms with Gasteiger partial charge in [-0.3, -0.25) is 4.79 Å². The van der Waals surface area contributed by atoms with Gasteiger partial charge < -0.3 is 25.5 Å². The monoisotopic (exact) mass is 568 g/mol. The van der Waals surface area contributed by atoms with Crippen LogP contribution in [-0.2, 0) is 19.3 Å². The minimum atomic E-state index is -4.55. The van der Waals surface area contributed by atoms with Gasteiger partial charge in [-0.2, -0.15) is 13.2 Å². The van der Waals surface area contributed by atoms with E-state index in [1.165, 1.54) is 18.2 Å². The van der Waals surface area contributed by atoms with Crippen molar-refractivity contribution in [3.8, 4) is 5.75 Å². The molecule has 0 spiro atoms. The Morgan fingerprint density at radius 2 is 1.84 bits per heavy atom. The van der Waals surface area contributed by atoms with Gasteiger partial charge in [-0.05, 0) is 57.5 Å². The molecule has 0 bridgehead atoms. The highest BCUT2D eigenvalue weighted by Gasteiger charge is 2.34. The van der Waals surface area contributed by atoms with Crippen LogP contribution in [0.4, 0.5) is 13.2 Å². The number of furan rings is 1. The first kappa shape index (κ1) is 27.6. The number of carbonyl (C=O) groups excluding carboxylic acids is 1. The number of nitrogens with zero attached hydrogens (tertiary/aromatic N) is 1. The number of rotatable bonds is 7. The summed E-state index contributed by atoms with van der Waals surface area (Å²) in [6.45, 7) is 7.58. The number of hydrogen-bond acceptors (Lipinski definition) is 4. The van der Waals surface area contributed by atoms with E-state index in [1.807, 2.05) is 6.92 Å². The van der Waals surface area contributed by atoms with Crippen molar-refractivity contribution >= 4 is 35.8 Å². The van der Waals surface area contributed by atoms with Crippen LogP contribution in [0.3, 0.4) is 0 Å². The normalized spacial score (nSPS) is 12.2. The highest BCUT2D eigenvalue weighted by Crippen LogP contribution is 2.35. The molecule has 0 saturated carbocycles. The minimum Gasteiger partial charge on any atom is -0.488 e. The number of primary amides is 1. The van der Waals surface area contributed by atoms with E-state index in [2.05, 4.69) is 15.6 Å². The van der Waals surface area contributed by atoms with E-state index in [0.717, 1.165) is 6.07 Å². The van der Waals surface area contributed by atoms with Crippen LogP contribution < -0.4 is 21.1 Å². The van der Waals surface area contributed by atoms with E-state index in [0.29, 0.717) is 18.3 Å². The lowest BCUT2D eigenvalue weighted by molar-refractivity contribution is -0.138. The van der Waals surface area contributed by atoms with Crippen LogP contribution in [0.2, 0.25) is 0 Å². The topological polar surface area (TPSA) is 102 Å². The van der Waals surface area contributed by atoms with Gasteiger partial charge in [0.25, 0.3) is 5.91 Å². The molecule has 0 aliphatic carbocycles. The number of benzene rings is 1. The highest BCUT2D eigenvalue weighted by molar-refractivity contribution is 14.0. The van der Waals surface area contributed by atoms with Crippen LogP contribution in [0.15, 0.2) is 39.7 Å². The molecule has 7 nitrogen and oxygen atoms in total. The Kier molecular flexibility index (Phi) is 9.86. The summed E-state index contributed by atoms with van der Waals surface area (Å²) in [4.78, 5) is 15.3. The van der Waals surface area contributed by atoms with E-state index >= 15 is 0 Å². The van der Waals surface area contributed by atoms with Crippen LogP contribution >= 0.6 is 24.0 Å². The number of nitrogens with one attached hydrogen (secondary N) is 2. The Balaban J connectivity index is 0.00000512. The Hall–Kier alpha value is -2.44. The second kappa shape index (κ2) is 11.4. The molecule has 0 atom stereocenters. The predicted octanol–water partition coefficient (Wildman–Crippen LogP) is 4.45. The summed E-state index contributed by atoms with van der Waals surface area (Å²) in [5.74, 6) is 0.193. The molecule has 2 aromatic rings. The number of halogens is 4. The van der Waals surface area contributed by atoms with Gasteiger partial charge in [0, 0.05) is 6.54 Å². The summed E-state index contributed by atoms with van der Waals surface area (Å²) in [5, 5.41) is 5.90. The SMILES string of the molecule is CCNC(=NCc1ccc(OC(C)(C)C)cc1C(F)(F)F)NCc1ccc(C(N)=O)o1.I. The largest absolute Gasteiger partial charge is 0.488 e. The first-order chi connectivity index (χ1) is 14.4. The third-order valence-electron chi connectivity index (χ3n) is 3.90. The van der Waals surface area contributed by atoms with Gasteiger partial charge in [-0.25, -0.2) is 4.99 Å². The minimum absolute atomic E-state index is 0. The van der Waals surface area contributed by atoms with Gasteiger partial charge in [0.05, 0.1) is 18.7 Å². The number of alkyl halides is 3. The summed E-state index contributed by atoms with van der Waals surface area (Å²) in [6.07, 6.45) is -4.55. The molecule has 2 rings (SSSR count). The first-order valence-electron chi connectivity index (χ1n) is 9.69. The fraction of sp³-hybridized carbons (Fsp3) is 0.429. The fourth-order valence-corrected chi connectivity index (χ4v) is 2.66. The lowest BCUT2D eigenvalue weighted by Crippen LogP contribution is -2.36. The number of guanidine groups is 1. The maximum atomic E-state index is 13.6. The number of nitrogens with two attached hydrogens (primary N) is 1. The smallest absolute Gasteiger partial charge is 0.416 e. The third-order valence-corrected chi connectivity index (χ3v) is 3.90. The molecule has 0 aliphatic rings. The quantitative estimate of drug-likeness (QED) is 0.261. The third kappa shape index (κ3) is 8.60. The molecule has 1 aromatic heterocycles. The maximum Gasteiger partial charge on any atom is 0.416 e. The van der Waals surface area contributed by atoms with Crippen molar-refractivity contribution < 1.29 is 27.1 Å². The standard InChI is InChI=1S/C21H27F3N4O3.HI/c1-5-26-19(28-12-15-8-9-17(30-15)18(25)29)27-11-13-6-7-14(31-20(2,3)4)10-16(13)21(22,23)24;/h6-10H,5,11-12H2,1-4H3,(H2,25,29)(H2,26,27,28);1H. The van der Waals surface area contributed by atoms with Gasteiger partial charge in [-0.15, -0.1) is 24.0 Å². The van der Waals surface area contributed by atoms with E-state index in [4.69, 9.17) is 14.9 Å². The van der Waals surface area contributed by atoms with Crippen molar-refractivity contribution in [2.75, 3.05) is 6.54 Å². The molecule has 0 aliphatic heterocycles. The van der Waals surface area contributed by atoms with Crippen molar-refractivity contribution in [1.29, 1.82) is 0 Å². The van der Waals surface area contributed by atoms with Crippen molar-refractivity contribution in [2.24, 2.45) is 10.7 Å². The summed E-state index contributed by atoms with van der Waals surface area (Å²) in [6, 6.07) is 6.87. The second-order valence-corrected chi connectivity index (χ2v) is 7.71. The lowest BCUT2D eigenvalue weighted by atomic mass is 10.1. The zero-order chi connectivity index (χ0) is 23.2. The summed E-state index contributed by atoms with van der Waals surface area (Å²) in [7, 11) is 0. The Labute approximate surface area is 202 Å². The van der Waals surface area contributed by atoms with Gasteiger partial charge in [0.15, 0.2) is 11.7 Å². The molecule has 0 fully saturated rings. The van der Waals surface area contributed by atoms with Crippen molar-refractivity contribution in [2.45, 2.75) is 52.6 Å². The molecule has 1 amide bonds. The first-order valence-corrected chi connectivity index (χ1v) is 9.69. The molecular weight excluding hydrogens is 540 g/mol. The van der Waals surface area contributed by atoms with Crippen molar-refractivity contribution in [3.05, 3.63) is 53.0 Å². The molecule has 1 aromatic carbocycles. The number of amides is 1. The molecule has 32 heavy (non-hydrogen) atoms. The van der Waals surface area contributed by atoms with Crippen LogP contribution in [0.5, 0.6) is 5.75 Å². The lowest BCUT2D eigenvalue weighted by Gasteiger charge is -2.22. The van der Waals surface area contributed by atoms with Crippen molar-refractivity contribution in [1.82, 2.24) is 10.6 Å². The van der Waals surface area contributed by atoms with E-state index in [-0.39, 0.29) is 54.1 Å². The van der Waals surface area contributed by atoms with Crippen LogP contribution in [0.25, 0.3) is 0 Å². The van der Waals surface area contributed by atoms with Crippen LogP contribution in [0.1, 0.15) is 55.1 Å². The Morgan fingerprint density at radius 3 is 2.38 bits per heavy atom. The molecule has 1 heterocycles. The Bertz CT molecular complexity index is 937. The van der Waals surface area contributed by atoms with E-state index in [1.54, 1.807) is 26.8 Å². The fourth-order valence-electron chi connectivity index (χ4n) is 2.66. The van der Waals surface area contributed by atoms with E-state index in [9.17, 15) is 18.0 Å². The van der Waals surface area contributed by atoms with Crippen molar-refractivity contribution in [3.63, 3.8) is 0 Å². The average molecular weight is 568 g/mol. The number of aliphatic imine (C=N–C) groups is 1. The second-order valence-electron chi connectivity index (χ2n) is 7.71. The maximum absolute atomic E-state index is 13.6. The molecule has 11 heteroatoms. The number of hydrogen-bond donors (Lipinski definition) is 3. The zero-order valence-electron chi connectivity index (χ0n) is 18.3. The molecule has 178 valence electrons. The predicted molar refractivity (Wildman–Crippen MR) is 126 cm³/mol. The molecule has 4 N–H and O–H groups in total. The Morgan fingerprint density at radius 1 is 1.16 bits per heavy atom. The van der Waals surface area contributed by atoms with Gasteiger partial charge in [-0.1, -0.05) is 6.07 Å². The number of ether oxygens (including phenoxy) is 1. The molecular formula is C21H28F3IN4O3. The molecule has 0 unspecified atom stereocenters. The van der Waals surface area contributed by atoms with Gasteiger partial charge in [0.1, 0.15) is 17.1 Å².